The number of amides is 1. The zero-order valence-corrected chi connectivity index (χ0v) is 12.4. The lowest BCUT2D eigenvalue weighted by atomic mass is 9.87. The molecule has 4 heteroatoms. The molecule has 1 aromatic carbocycles. The molecule has 0 saturated heterocycles. The smallest absolute Gasteiger partial charge is 0.231 e. The Labute approximate surface area is 115 Å². The molecule has 2 N–H and O–H groups in total. The molecule has 1 unspecified atom stereocenters. The number of hydrogen-bond donors (Lipinski definition) is 1. The van der Waals surface area contributed by atoms with Crippen molar-refractivity contribution in [1.29, 1.82) is 0 Å². The number of carbonyl (C=O) groups excluding carboxylic acids is 1. The molecule has 1 aliphatic heterocycles. The molecule has 0 radical (unpaired) electrons. The fraction of sp³-hybridized carbons (Fsp3) is 0.533. The van der Waals surface area contributed by atoms with Crippen LogP contribution >= 0.6 is 0 Å². The second kappa shape index (κ2) is 4.62. The highest BCUT2D eigenvalue weighted by Gasteiger charge is 2.31. The summed E-state index contributed by atoms with van der Waals surface area (Å²) in [6, 6.07) is 6.35. The predicted molar refractivity (Wildman–Crippen MR) is 78.3 cm³/mol. The Morgan fingerprint density at radius 1 is 1.37 bits per heavy atom. The number of anilines is 1. The van der Waals surface area contributed by atoms with Crippen LogP contribution in [0.2, 0.25) is 0 Å². The van der Waals surface area contributed by atoms with Gasteiger partial charge in [-0.2, -0.15) is 0 Å². The van der Waals surface area contributed by atoms with Gasteiger partial charge in [0.25, 0.3) is 0 Å². The molecular weight excluding hydrogens is 238 g/mol. The van der Waals surface area contributed by atoms with Crippen molar-refractivity contribution in [2.75, 3.05) is 26.0 Å². The summed E-state index contributed by atoms with van der Waals surface area (Å²) in [6.07, 6.45) is 0.491. The first-order valence-electron chi connectivity index (χ1n) is 6.56. The van der Waals surface area contributed by atoms with Gasteiger partial charge in [-0.3, -0.25) is 4.79 Å². The molecule has 104 valence electrons. The molecule has 1 amide bonds. The molecule has 2 rings (SSSR count). The number of carbonyl (C=O) groups is 1. The zero-order chi connectivity index (χ0) is 14.4. The fourth-order valence-electron chi connectivity index (χ4n) is 3.05. The summed E-state index contributed by atoms with van der Waals surface area (Å²) < 4.78 is 0. The van der Waals surface area contributed by atoms with Gasteiger partial charge in [0.05, 0.1) is 12.5 Å². The van der Waals surface area contributed by atoms with Gasteiger partial charge >= 0.3 is 0 Å². The van der Waals surface area contributed by atoms with E-state index >= 15 is 0 Å². The highest BCUT2D eigenvalue weighted by Crippen LogP contribution is 2.34. The molecule has 1 heterocycles. The quantitative estimate of drug-likeness (QED) is 0.898. The molecule has 19 heavy (non-hydrogen) atoms. The van der Waals surface area contributed by atoms with Crippen LogP contribution in [0, 0.1) is 0 Å². The average Bonchev–Trinajstić information content (AvgIpc) is 2.52. The lowest BCUT2D eigenvalue weighted by Crippen LogP contribution is -2.45. The Balaban J connectivity index is 2.43. The summed E-state index contributed by atoms with van der Waals surface area (Å²) in [7, 11) is 5.89. The van der Waals surface area contributed by atoms with E-state index in [4.69, 9.17) is 5.73 Å². The molecule has 1 atom stereocenters. The summed E-state index contributed by atoms with van der Waals surface area (Å²) in [5.41, 5.74) is 9.23. The van der Waals surface area contributed by atoms with Crippen LogP contribution in [0.5, 0.6) is 0 Å². The fourth-order valence-corrected chi connectivity index (χ4v) is 3.05. The molecule has 0 saturated carbocycles. The number of benzene rings is 1. The van der Waals surface area contributed by atoms with Crippen molar-refractivity contribution in [2.45, 2.75) is 31.8 Å². The average molecular weight is 261 g/mol. The van der Waals surface area contributed by atoms with Gasteiger partial charge in [-0.05, 0) is 45.1 Å². The number of likely N-dealkylation sites (N-methyl/N-ethyl adjacent to an activating group) is 2. The number of hydrogen-bond acceptors (Lipinski definition) is 3. The van der Waals surface area contributed by atoms with Crippen LogP contribution < -0.4 is 10.6 Å². The molecule has 4 nitrogen and oxygen atoms in total. The first-order valence-corrected chi connectivity index (χ1v) is 6.56. The molecule has 1 aromatic rings. The van der Waals surface area contributed by atoms with Crippen molar-refractivity contribution >= 4 is 11.6 Å². The molecule has 0 fully saturated rings. The summed E-state index contributed by atoms with van der Waals surface area (Å²) in [5.74, 6) is 0.153. The summed E-state index contributed by atoms with van der Waals surface area (Å²) >= 11 is 0. The Bertz CT molecular complexity index is 503. The maximum Gasteiger partial charge on any atom is 0.231 e. The van der Waals surface area contributed by atoms with Crippen LogP contribution in [0.4, 0.5) is 5.69 Å². The van der Waals surface area contributed by atoms with E-state index in [0.29, 0.717) is 6.42 Å². The SMILES string of the molecule is CN1C(=O)Cc2cc(C(N(C)C)C(C)(C)N)ccc21. The van der Waals surface area contributed by atoms with Gasteiger partial charge in [0.2, 0.25) is 5.91 Å². The van der Waals surface area contributed by atoms with Crippen molar-refractivity contribution in [2.24, 2.45) is 5.73 Å². The van der Waals surface area contributed by atoms with E-state index < -0.39 is 0 Å². The lowest BCUT2D eigenvalue weighted by molar-refractivity contribution is -0.117. The van der Waals surface area contributed by atoms with E-state index in [2.05, 4.69) is 17.0 Å². The topological polar surface area (TPSA) is 49.6 Å². The van der Waals surface area contributed by atoms with Gasteiger partial charge in [0, 0.05) is 18.3 Å². The largest absolute Gasteiger partial charge is 0.324 e. The first-order chi connectivity index (χ1) is 8.71. The lowest BCUT2D eigenvalue weighted by Gasteiger charge is -2.36. The predicted octanol–water partition coefficient (Wildman–Crippen LogP) is 1.55. The van der Waals surface area contributed by atoms with Crippen LogP contribution in [-0.2, 0) is 11.2 Å². The van der Waals surface area contributed by atoms with Gasteiger partial charge in [0.1, 0.15) is 0 Å². The summed E-state index contributed by atoms with van der Waals surface area (Å²) in [4.78, 5) is 15.6. The van der Waals surface area contributed by atoms with E-state index in [1.165, 1.54) is 5.56 Å². The molecule has 1 aliphatic rings. The maximum atomic E-state index is 11.7. The Morgan fingerprint density at radius 3 is 2.53 bits per heavy atom. The van der Waals surface area contributed by atoms with Crippen LogP contribution in [-0.4, -0.2) is 37.5 Å². The molecule has 0 spiro atoms. The Morgan fingerprint density at radius 2 is 2.00 bits per heavy atom. The van der Waals surface area contributed by atoms with E-state index in [-0.39, 0.29) is 17.5 Å². The van der Waals surface area contributed by atoms with Gasteiger partial charge in [-0.15, -0.1) is 0 Å². The van der Waals surface area contributed by atoms with Gasteiger partial charge in [-0.25, -0.2) is 0 Å². The highest BCUT2D eigenvalue weighted by atomic mass is 16.2. The maximum absolute atomic E-state index is 11.7. The minimum Gasteiger partial charge on any atom is -0.324 e. The highest BCUT2D eigenvalue weighted by molar-refractivity contribution is 6.00. The number of nitrogens with zero attached hydrogens (tertiary/aromatic N) is 2. The van der Waals surface area contributed by atoms with Crippen LogP contribution in [0.1, 0.15) is 31.0 Å². The molecule has 0 bridgehead atoms. The third-order valence-electron chi connectivity index (χ3n) is 3.72. The van der Waals surface area contributed by atoms with E-state index in [9.17, 15) is 4.79 Å². The number of nitrogens with two attached hydrogens (primary N) is 1. The van der Waals surface area contributed by atoms with Gasteiger partial charge < -0.3 is 15.5 Å². The monoisotopic (exact) mass is 261 g/mol. The van der Waals surface area contributed by atoms with Crippen molar-refractivity contribution in [3.8, 4) is 0 Å². The van der Waals surface area contributed by atoms with Crippen molar-refractivity contribution in [3.05, 3.63) is 29.3 Å². The third kappa shape index (κ3) is 2.51. The van der Waals surface area contributed by atoms with Gasteiger partial charge in [0.15, 0.2) is 0 Å². The van der Waals surface area contributed by atoms with Gasteiger partial charge in [-0.1, -0.05) is 12.1 Å². The summed E-state index contributed by atoms with van der Waals surface area (Å²) in [5, 5.41) is 0. The minimum atomic E-state index is -0.341. The summed E-state index contributed by atoms with van der Waals surface area (Å²) in [6.45, 7) is 4.06. The number of rotatable bonds is 3. The van der Waals surface area contributed by atoms with Crippen LogP contribution in [0.3, 0.4) is 0 Å². The molecule has 0 aliphatic carbocycles. The van der Waals surface area contributed by atoms with Crippen molar-refractivity contribution in [3.63, 3.8) is 0 Å². The number of fused-ring (bicyclic) bond motifs is 1. The third-order valence-corrected chi connectivity index (χ3v) is 3.72. The van der Waals surface area contributed by atoms with E-state index in [0.717, 1.165) is 11.3 Å². The van der Waals surface area contributed by atoms with Crippen LogP contribution in [0.15, 0.2) is 18.2 Å². The van der Waals surface area contributed by atoms with E-state index in [1.54, 1.807) is 4.90 Å². The minimum absolute atomic E-state index is 0.124. The standard InChI is InChI=1S/C15H23N3O/c1-15(2,16)14(17(3)4)10-6-7-12-11(8-10)9-13(19)18(12)5/h6-8,14H,9,16H2,1-5H3. The zero-order valence-electron chi connectivity index (χ0n) is 12.4. The van der Waals surface area contributed by atoms with Crippen molar-refractivity contribution < 1.29 is 4.79 Å². The second-order valence-corrected chi connectivity index (χ2v) is 6.21. The Kier molecular flexibility index (Phi) is 3.41. The Hall–Kier alpha value is -1.39. The molecule has 0 aromatic heterocycles. The first kappa shape index (κ1) is 14.0. The van der Waals surface area contributed by atoms with E-state index in [1.807, 2.05) is 41.1 Å². The van der Waals surface area contributed by atoms with Crippen LogP contribution in [0.25, 0.3) is 0 Å². The normalized spacial score (nSPS) is 17.0. The molecular formula is C15H23N3O. The second-order valence-electron chi connectivity index (χ2n) is 6.21. The van der Waals surface area contributed by atoms with Crippen molar-refractivity contribution in [1.82, 2.24) is 4.90 Å².